The zero-order valence-electron chi connectivity index (χ0n) is 16.1. The molecule has 0 fully saturated rings. The van der Waals surface area contributed by atoms with Gasteiger partial charge in [0.15, 0.2) is 0 Å². The minimum Gasteiger partial charge on any atom is -0.370 e. The number of hydrogen-bond donors (Lipinski definition) is 2. The summed E-state index contributed by atoms with van der Waals surface area (Å²) in [4.78, 5) is 23.6. The summed E-state index contributed by atoms with van der Waals surface area (Å²) in [5.41, 5.74) is 8.38. The van der Waals surface area contributed by atoms with Gasteiger partial charge >= 0.3 is 0 Å². The van der Waals surface area contributed by atoms with E-state index >= 15 is 0 Å². The molecule has 0 unspecified atom stereocenters. The van der Waals surface area contributed by atoms with Crippen LogP contribution in [-0.2, 0) is 16.0 Å². The van der Waals surface area contributed by atoms with Crippen molar-refractivity contribution in [2.75, 3.05) is 0 Å². The van der Waals surface area contributed by atoms with Gasteiger partial charge in [0.05, 0.1) is 0 Å². The number of nitrogens with two attached hydrogens (primary N) is 1. The molecule has 0 radical (unpaired) electrons. The fourth-order valence-corrected chi connectivity index (χ4v) is 3.15. The third kappa shape index (κ3) is 7.43. The number of primary amides is 1. The summed E-state index contributed by atoms with van der Waals surface area (Å²) in [6, 6.07) is 15.4. The van der Waals surface area contributed by atoms with E-state index in [0.29, 0.717) is 17.9 Å². The average molecular weight is 387 g/mol. The minimum atomic E-state index is -0.424. The van der Waals surface area contributed by atoms with Crippen LogP contribution in [0, 0.1) is 5.41 Å². The van der Waals surface area contributed by atoms with Crippen molar-refractivity contribution in [2.45, 2.75) is 46.1 Å². The highest BCUT2D eigenvalue weighted by atomic mass is 35.5. The van der Waals surface area contributed by atoms with E-state index in [9.17, 15) is 9.59 Å². The lowest BCUT2D eigenvalue weighted by molar-refractivity contribution is -0.124. The lowest BCUT2D eigenvalue weighted by atomic mass is 9.91. The van der Waals surface area contributed by atoms with Gasteiger partial charge in [0.25, 0.3) is 0 Å². The maximum Gasteiger partial charge on any atom is 0.220 e. The van der Waals surface area contributed by atoms with E-state index in [2.05, 4.69) is 5.32 Å². The van der Waals surface area contributed by atoms with Gasteiger partial charge in [-0.05, 0) is 40.7 Å². The van der Waals surface area contributed by atoms with Crippen LogP contribution >= 0.6 is 11.6 Å². The van der Waals surface area contributed by atoms with Crippen molar-refractivity contribution < 1.29 is 9.59 Å². The highest BCUT2D eigenvalue weighted by Gasteiger charge is 2.20. The van der Waals surface area contributed by atoms with Crippen LogP contribution in [0.5, 0.6) is 0 Å². The van der Waals surface area contributed by atoms with Gasteiger partial charge in [-0.3, -0.25) is 9.59 Å². The quantitative estimate of drug-likeness (QED) is 0.742. The van der Waals surface area contributed by atoms with Gasteiger partial charge in [0, 0.05) is 23.9 Å². The SMILES string of the molecule is CC(C)(C)CC(=O)N[C@@H](CC(N)=O)Cc1ccc(-c2cccc(Cl)c2)cc1. The molecule has 0 saturated carbocycles. The largest absolute Gasteiger partial charge is 0.370 e. The van der Waals surface area contributed by atoms with Crippen molar-refractivity contribution in [1.82, 2.24) is 5.32 Å². The molecule has 0 aliphatic rings. The van der Waals surface area contributed by atoms with Crippen LogP contribution in [0.2, 0.25) is 5.02 Å². The number of carbonyl (C=O) groups is 2. The first-order valence-corrected chi connectivity index (χ1v) is 9.43. The minimum absolute atomic E-state index is 0.0655. The monoisotopic (exact) mass is 386 g/mol. The molecule has 27 heavy (non-hydrogen) atoms. The molecule has 0 heterocycles. The van der Waals surface area contributed by atoms with Crippen molar-refractivity contribution in [2.24, 2.45) is 11.1 Å². The molecule has 0 aliphatic carbocycles. The first kappa shape index (κ1) is 21.0. The molecule has 3 N–H and O–H groups in total. The lowest BCUT2D eigenvalue weighted by Crippen LogP contribution is -2.40. The Labute approximate surface area is 166 Å². The molecule has 0 saturated heterocycles. The summed E-state index contributed by atoms with van der Waals surface area (Å²) in [6.07, 6.45) is 1.07. The van der Waals surface area contributed by atoms with Gasteiger partial charge in [0.1, 0.15) is 0 Å². The third-order valence-electron chi connectivity index (χ3n) is 4.10. The topological polar surface area (TPSA) is 72.2 Å². The van der Waals surface area contributed by atoms with Gasteiger partial charge in [-0.15, -0.1) is 0 Å². The van der Waals surface area contributed by atoms with E-state index in [4.69, 9.17) is 17.3 Å². The van der Waals surface area contributed by atoms with Crippen molar-refractivity contribution in [3.8, 4) is 11.1 Å². The summed E-state index contributed by atoms with van der Waals surface area (Å²) < 4.78 is 0. The molecule has 0 spiro atoms. The Bertz CT molecular complexity index is 795. The molecule has 2 aromatic carbocycles. The number of nitrogens with one attached hydrogen (secondary N) is 1. The normalized spacial score (nSPS) is 12.4. The fourth-order valence-electron chi connectivity index (χ4n) is 2.96. The maximum absolute atomic E-state index is 12.2. The Kier molecular flexibility index (Phi) is 7.03. The van der Waals surface area contributed by atoms with Gasteiger partial charge in [-0.2, -0.15) is 0 Å². The van der Waals surface area contributed by atoms with Crippen LogP contribution in [-0.4, -0.2) is 17.9 Å². The third-order valence-corrected chi connectivity index (χ3v) is 4.33. The molecule has 4 nitrogen and oxygen atoms in total. The Hall–Kier alpha value is -2.33. The van der Waals surface area contributed by atoms with Gasteiger partial charge in [0.2, 0.25) is 11.8 Å². The predicted octanol–water partition coefficient (Wildman–Crippen LogP) is 4.35. The second kappa shape index (κ2) is 9.05. The van der Waals surface area contributed by atoms with E-state index in [1.54, 1.807) is 0 Å². The summed E-state index contributed by atoms with van der Waals surface area (Å²) in [5.74, 6) is -0.490. The molecular formula is C22H27ClN2O2. The van der Waals surface area contributed by atoms with Crippen LogP contribution in [0.4, 0.5) is 0 Å². The first-order valence-electron chi connectivity index (χ1n) is 9.05. The molecular weight excluding hydrogens is 360 g/mol. The molecule has 2 aromatic rings. The molecule has 144 valence electrons. The van der Waals surface area contributed by atoms with Crippen molar-refractivity contribution in [3.63, 3.8) is 0 Å². The average Bonchev–Trinajstić information content (AvgIpc) is 2.53. The molecule has 2 rings (SSSR count). The van der Waals surface area contributed by atoms with E-state index < -0.39 is 5.91 Å². The summed E-state index contributed by atoms with van der Waals surface area (Å²) in [5, 5.41) is 3.64. The first-order chi connectivity index (χ1) is 12.6. The Morgan fingerprint density at radius 1 is 1.07 bits per heavy atom. The molecule has 0 aromatic heterocycles. The van der Waals surface area contributed by atoms with Crippen LogP contribution in [0.15, 0.2) is 48.5 Å². The van der Waals surface area contributed by atoms with E-state index in [-0.39, 0.29) is 23.8 Å². The molecule has 1 atom stereocenters. The summed E-state index contributed by atoms with van der Waals surface area (Å²) in [7, 11) is 0. The highest BCUT2D eigenvalue weighted by molar-refractivity contribution is 6.30. The van der Waals surface area contributed by atoms with E-state index in [1.165, 1.54) is 0 Å². The Morgan fingerprint density at radius 2 is 1.74 bits per heavy atom. The van der Waals surface area contributed by atoms with Gasteiger partial charge in [-0.1, -0.05) is 68.8 Å². The van der Waals surface area contributed by atoms with Crippen LogP contribution in [0.1, 0.15) is 39.2 Å². The number of hydrogen-bond acceptors (Lipinski definition) is 2. The van der Waals surface area contributed by atoms with Gasteiger partial charge in [-0.25, -0.2) is 0 Å². The summed E-state index contributed by atoms with van der Waals surface area (Å²) >= 11 is 6.05. The lowest BCUT2D eigenvalue weighted by Gasteiger charge is -2.22. The Balaban J connectivity index is 2.08. The second-order valence-electron chi connectivity index (χ2n) is 8.08. The number of amides is 2. The van der Waals surface area contributed by atoms with Crippen molar-refractivity contribution in [1.29, 1.82) is 0 Å². The van der Waals surface area contributed by atoms with Crippen molar-refractivity contribution in [3.05, 3.63) is 59.1 Å². The summed E-state index contributed by atoms with van der Waals surface area (Å²) in [6.45, 7) is 6.01. The number of halogens is 1. The molecule has 0 aliphatic heterocycles. The van der Waals surface area contributed by atoms with Crippen LogP contribution in [0.3, 0.4) is 0 Å². The predicted molar refractivity (Wildman–Crippen MR) is 110 cm³/mol. The Morgan fingerprint density at radius 3 is 2.30 bits per heavy atom. The van der Waals surface area contributed by atoms with Crippen LogP contribution in [0.25, 0.3) is 11.1 Å². The zero-order valence-corrected chi connectivity index (χ0v) is 16.8. The molecule has 5 heteroatoms. The molecule has 2 amide bonds. The number of rotatable bonds is 7. The second-order valence-corrected chi connectivity index (χ2v) is 8.52. The molecule has 0 bridgehead atoms. The van der Waals surface area contributed by atoms with E-state index in [1.807, 2.05) is 69.3 Å². The van der Waals surface area contributed by atoms with Crippen LogP contribution < -0.4 is 11.1 Å². The van der Waals surface area contributed by atoms with E-state index in [0.717, 1.165) is 16.7 Å². The number of benzene rings is 2. The number of carbonyl (C=O) groups excluding carboxylic acids is 2. The van der Waals surface area contributed by atoms with Crippen molar-refractivity contribution >= 4 is 23.4 Å². The highest BCUT2D eigenvalue weighted by Crippen LogP contribution is 2.23. The van der Waals surface area contributed by atoms with Gasteiger partial charge < -0.3 is 11.1 Å². The maximum atomic E-state index is 12.2. The smallest absolute Gasteiger partial charge is 0.220 e. The fraction of sp³-hybridized carbons (Fsp3) is 0.364. The standard InChI is InChI=1S/C22H27ClN2O2/c1-22(2,3)14-21(27)25-19(13-20(24)26)11-15-7-9-16(10-8-15)17-5-4-6-18(23)12-17/h4-10,12,19H,11,13-14H2,1-3H3,(H2,24,26)(H,25,27)/t19-/m1/s1. The zero-order chi connectivity index (χ0) is 20.0.